The third-order valence-corrected chi connectivity index (χ3v) is 5.57. The molecule has 1 amide bonds. The summed E-state index contributed by atoms with van der Waals surface area (Å²) in [5.74, 6) is -0.715. The van der Waals surface area contributed by atoms with Gasteiger partial charge in [0.2, 0.25) is 10.0 Å². The van der Waals surface area contributed by atoms with E-state index in [0.29, 0.717) is 0 Å². The van der Waals surface area contributed by atoms with E-state index in [1.807, 2.05) is 0 Å². The molecule has 1 aliphatic heterocycles. The van der Waals surface area contributed by atoms with E-state index < -0.39 is 28.1 Å². The molecule has 0 aromatic heterocycles. The predicted molar refractivity (Wildman–Crippen MR) is 85.3 cm³/mol. The topological polar surface area (TPSA) is 116 Å². The van der Waals surface area contributed by atoms with Gasteiger partial charge in [-0.15, -0.1) is 6.58 Å². The SMILES string of the molecule is C=CCONC(=O)C1CC(O)CCN1S(=O)(=O)c1ccc(O)cc1. The summed E-state index contributed by atoms with van der Waals surface area (Å²) in [6.07, 6.45) is 0.863. The second kappa shape index (κ2) is 7.75. The number of carbonyl (C=O) groups is 1. The molecule has 1 aromatic rings. The van der Waals surface area contributed by atoms with Crippen LogP contribution in [0.3, 0.4) is 0 Å². The van der Waals surface area contributed by atoms with Gasteiger partial charge in [0.1, 0.15) is 11.8 Å². The molecule has 3 N–H and O–H groups in total. The number of hydrogen-bond donors (Lipinski definition) is 3. The third kappa shape index (κ3) is 4.12. The number of aromatic hydroxyl groups is 1. The Hall–Kier alpha value is -1.94. The first-order valence-corrected chi connectivity index (χ1v) is 8.81. The normalized spacial score (nSPS) is 22.0. The zero-order valence-corrected chi connectivity index (χ0v) is 13.8. The number of aliphatic hydroxyl groups excluding tert-OH is 1. The van der Waals surface area contributed by atoms with Gasteiger partial charge in [-0.1, -0.05) is 6.08 Å². The van der Waals surface area contributed by atoms with Crippen LogP contribution in [0.15, 0.2) is 41.8 Å². The van der Waals surface area contributed by atoms with Crippen LogP contribution in [0.5, 0.6) is 5.75 Å². The van der Waals surface area contributed by atoms with Crippen LogP contribution in [0, 0.1) is 0 Å². The molecule has 1 aliphatic rings. The van der Waals surface area contributed by atoms with E-state index in [1.54, 1.807) is 0 Å². The lowest BCUT2D eigenvalue weighted by molar-refractivity contribution is -0.138. The van der Waals surface area contributed by atoms with E-state index in [9.17, 15) is 23.4 Å². The highest BCUT2D eigenvalue weighted by Gasteiger charge is 2.40. The van der Waals surface area contributed by atoms with Crippen molar-refractivity contribution < 1.29 is 28.3 Å². The lowest BCUT2D eigenvalue weighted by Crippen LogP contribution is -2.54. The standard InChI is InChI=1S/C15H20N2O6S/c1-2-9-23-16-15(20)14-10-12(19)7-8-17(14)24(21,22)13-5-3-11(18)4-6-13/h2-6,12,14,18-19H,1,7-10H2,(H,16,20). The zero-order chi connectivity index (χ0) is 17.7. The maximum Gasteiger partial charge on any atom is 0.262 e. The summed E-state index contributed by atoms with van der Waals surface area (Å²) in [6.45, 7) is 3.52. The molecule has 0 aliphatic carbocycles. The summed E-state index contributed by atoms with van der Waals surface area (Å²) in [5, 5.41) is 19.1. The molecule has 2 unspecified atom stereocenters. The molecule has 1 fully saturated rings. The first kappa shape index (κ1) is 18.4. The highest BCUT2D eigenvalue weighted by atomic mass is 32.2. The molecule has 0 spiro atoms. The molecule has 2 rings (SSSR count). The van der Waals surface area contributed by atoms with Crippen molar-refractivity contribution in [1.82, 2.24) is 9.79 Å². The maximum absolute atomic E-state index is 12.8. The van der Waals surface area contributed by atoms with Gasteiger partial charge in [0.25, 0.3) is 5.91 Å². The molecule has 8 nitrogen and oxygen atoms in total. The van der Waals surface area contributed by atoms with E-state index in [0.717, 1.165) is 4.31 Å². The number of nitrogens with one attached hydrogen (secondary N) is 1. The molecule has 9 heteroatoms. The van der Waals surface area contributed by atoms with Crippen molar-refractivity contribution in [3.05, 3.63) is 36.9 Å². The molecular weight excluding hydrogens is 336 g/mol. The molecule has 24 heavy (non-hydrogen) atoms. The zero-order valence-electron chi connectivity index (χ0n) is 13.0. The predicted octanol–water partition coefficient (Wildman–Crippen LogP) is 0.140. The minimum atomic E-state index is -3.95. The monoisotopic (exact) mass is 356 g/mol. The molecular formula is C15H20N2O6S. The number of nitrogens with zero attached hydrogens (tertiary/aromatic N) is 1. The van der Waals surface area contributed by atoms with E-state index in [-0.39, 0.29) is 36.6 Å². The van der Waals surface area contributed by atoms with Gasteiger partial charge in [-0.05, 0) is 37.1 Å². The number of piperidine rings is 1. The van der Waals surface area contributed by atoms with Crippen LogP contribution < -0.4 is 5.48 Å². The largest absolute Gasteiger partial charge is 0.508 e. The van der Waals surface area contributed by atoms with Crippen LogP contribution in [0.1, 0.15) is 12.8 Å². The molecule has 2 atom stereocenters. The van der Waals surface area contributed by atoms with Crippen LogP contribution >= 0.6 is 0 Å². The lowest BCUT2D eigenvalue weighted by atomic mass is 10.0. The summed E-state index contributed by atoms with van der Waals surface area (Å²) in [6, 6.07) is 3.96. The van der Waals surface area contributed by atoms with Gasteiger partial charge in [0, 0.05) is 6.54 Å². The Kier molecular flexibility index (Phi) is 5.94. The van der Waals surface area contributed by atoms with E-state index in [4.69, 9.17) is 4.84 Å². The molecule has 1 saturated heterocycles. The second-order valence-corrected chi connectivity index (χ2v) is 7.26. The number of phenolic OH excluding ortho intramolecular Hbond substituents is 1. The summed E-state index contributed by atoms with van der Waals surface area (Å²) in [4.78, 5) is 17.1. The number of carbonyl (C=O) groups excluding carboxylic acids is 1. The highest BCUT2D eigenvalue weighted by Crippen LogP contribution is 2.26. The number of sulfonamides is 1. The number of aliphatic hydroxyl groups is 1. The Bertz CT molecular complexity index is 688. The maximum atomic E-state index is 12.8. The first-order chi connectivity index (χ1) is 11.4. The lowest BCUT2D eigenvalue weighted by Gasteiger charge is -2.35. The first-order valence-electron chi connectivity index (χ1n) is 7.37. The smallest absolute Gasteiger partial charge is 0.262 e. The van der Waals surface area contributed by atoms with E-state index >= 15 is 0 Å². The minimum Gasteiger partial charge on any atom is -0.508 e. The van der Waals surface area contributed by atoms with Crippen molar-refractivity contribution in [3.63, 3.8) is 0 Å². The van der Waals surface area contributed by atoms with Crippen molar-refractivity contribution in [1.29, 1.82) is 0 Å². The number of hydrogen-bond acceptors (Lipinski definition) is 6. The Morgan fingerprint density at radius 1 is 1.42 bits per heavy atom. The van der Waals surface area contributed by atoms with Crippen LogP contribution in [-0.4, -0.2) is 54.1 Å². The number of phenols is 1. The second-order valence-electron chi connectivity index (χ2n) is 5.37. The third-order valence-electron chi connectivity index (χ3n) is 3.65. The summed E-state index contributed by atoms with van der Waals surface area (Å²) >= 11 is 0. The van der Waals surface area contributed by atoms with E-state index in [2.05, 4.69) is 12.1 Å². The van der Waals surface area contributed by atoms with Crippen LogP contribution in [0.25, 0.3) is 0 Å². The van der Waals surface area contributed by atoms with Crippen molar-refractivity contribution in [2.24, 2.45) is 0 Å². The number of hydroxylamine groups is 1. The Labute approximate surface area is 140 Å². The van der Waals surface area contributed by atoms with Gasteiger partial charge < -0.3 is 10.2 Å². The van der Waals surface area contributed by atoms with Gasteiger partial charge in [-0.2, -0.15) is 4.31 Å². The molecule has 0 radical (unpaired) electrons. The number of rotatable bonds is 6. The molecule has 1 aromatic carbocycles. The molecule has 132 valence electrons. The number of amides is 1. The van der Waals surface area contributed by atoms with Crippen LogP contribution in [0.2, 0.25) is 0 Å². The highest BCUT2D eigenvalue weighted by molar-refractivity contribution is 7.89. The fourth-order valence-corrected chi connectivity index (χ4v) is 4.06. The van der Waals surface area contributed by atoms with Gasteiger partial charge in [-0.25, -0.2) is 13.9 Å². The van der Waals surface area contributed by atoms with Crippen molar-refractivity contribution in [3.8, 4) is 5.75 Å². The summed E-state index contributed by atoms with van der Waals surface area (Å²) in [5.41, 5.74) is 2.17. The van der Waals surface area contributed by atoms with E-state index in [1.165, 1.54) is 30.3 Å². The van der Waals surface area contributed by atoms with Gasteiger partial charge >= 0.3 is 0 Å². The Morgan fingerprint density at radius 2 is 2.08 bits per heavy atom. The van der Waals surface area contributed by atoms with Gasteiger partial charge in [-0.3, -0.25) is 9.63 Å². The fourth-order valence-electron chi connectivity index (χ4n) is 2.44. The summed E-state index contributed by atoms with van der Waals surface area (Å²) in [7, 11) is -3.95. The minimum absolute atomic E-state index is 0.00389. The molecule has 0 bridgehead atoms. The Balaban J connectivity index is 2.25. The average molecular weight is 356 g/mol. The molecule has 0 saturated carbocycles. The van der Waals surface area contributed by atoms with Crippen molar-refractivity contribution >= 4 is 15.9 Å². The molecule has 1 heterocycles. The average Bonchev–Trinajstić information content (AvgIpc) is 2.55. The summed E-state index contributed by atoms with van der Waals surface area (Å²) < 4.78 is 26.6. The Morgan fingerprint density at radius 3 is 2.71 bits per heavy atom. The quantitative estimate of drug-likeness (QED) is 0.379. The van der Waals surface area contributed by atoms with Crippen LogP contribution in [-0.2, 0) is 19.7 Å². The van der Waals surface area contributed by atoms with Crippen LogP contribution in [0.4, 0.5) is 0 Å². The number of benzene rings is 1. The van der Waals surface area contributed by atoms with Crippen molar-refractivity contribution in [2.45, 2.75) is 29.9 Å². The van der Waals surface area contributed by atoms with Gasteiger partial charge in [0.05, 0.1) is 17.6 Å². The van der Waals surface area contributed by atoms with Crippen molar-refractivity contribution in [2.75, 3.05) is 13.2 Å². The van der Waals surface area contributed by atoms with Gasteiger partial charge in [0.15, 0.2) is 0 Å². The fraction of sp³-hybridized carbons (Fsp3) is 0.400.